The molecule has 6 heteroatoms. The lowest BCUT2D eigenvalue weighted by Gasteiger charge is -2.33. The maximum atomic E-state index is 15.8. The number of fused-ring (bicyclic) bond motifs is 20. The van der Waals surface area contributed by atoms with E-state index in [0.29, 0.717) is 11.2 Å². The van der Waals surface area contributed by atoms with Gasteiger partial charge in [0.2, 0.25) is 0 Å². The summed E-state index contributed by atoms with van der Waals surface area (Å²) in [6, 6.07) is 81.5. The van der Waals surface area contributed by atoms with E-state index in [4.69, 9.17) is 8.83 Å². The average Bonchev–Trinajstić information content (AvgIpc) is 1.59. The first-order chi connectivity index (χ1) is 41.3. The Balaban J connectivity index is 0.971. The number of anilines is 6. The average molecular weight is 1100 g/mol. The van der Waals surface area contributed by atoms with Crippen LogP contribution in [0.2, 0.25) is 0 Å². The Hall–Kier alpha value is -10.0. The van der Waals surface area contributed by atoms with Crippen molar-refractivity contribution in [3.8, 4) is 44.5 Å². The highest BCUT2D eigenvalue weighted by molar-refractivity contribution is 6.21. The summed E-state index contributed by atoms with van der Waals surface area (Å²) in [6.07, 6.45) is 0. The van der Waals surface area contributed by atoms with Gasteiger partial charge in [0.1, 0.15) is 0 Å². The van der Waals surface area contributed by atoms with Gasteiger partial charge in [-0.3, -0.25) is 0 Å². The van der Waals surface area contributed by atoms with Crippen molar-refractivity contribution in [2.75, 3.05) is 9.80 Å². The molecule has 0 radical (unpaired) electrons. The molecule has 4 nitrogen and oxygen atoms in total. The van der Waals surface area contributed by atoms with Crippen molar-refractivity contribution >= 4 is 88.8 Å². The number of hydrogen-bond donors (Lipinski definition) is 0. The molecular weight excluding hydrogens is 1050 g/mol. The highest BCUT2D eigenvalue weighted by Gasteiger charge is 2.53. The second-order valence-electron chi connectivity index (χ2n) is 25.4. The van der Waals surface area contributed by atoms with Crippen LogP contribution in [0.4, 0.5) is 42.9 Å². The van der Waals surface area contributed by atoms with Gasteiger partial charge < -0.3 is 18.6 Å². The van der Waals surface area contributed by atoms with Gasteiger partial charge in [0, 0.05) is 44.3 Å². The highest BCUT2D eigenvalue weighted by atomic mass is 19.1. The fourth-order valence-corrected chi connectivity index (χ4v) is 14.8. The minimum absolute atomic E-state index is 0.0822. The molecule has 17 rings (SSSR count). The Morgan fingerprint density at radius 1 is 0.318 bits per heavy atom. The van der Waals surface area contributed by atoms with Crippen LogP contribution in [0.15, 0.2) is 239 Å². The van der Waals surface area contributed by atoms with Crippen molar-refractivity contribution in [2.24, 2.45) is 0 Å². The number of hydrogen-bond acceptors (Lipinski definition) is 4. The Morgan fingerprint density at radius 2 is 0.729 bits per heavy atom. The van der Waals surface area contributed by atoms with Gasteiger partial charge in [-0.05, 0) is 178 Å². The van der Waals surface area contributed by atoms with Crippen LogP contribution in [0, 0.1) is 11.6 Å². The first-order valence-electron chi connectivity index (χ1n) is 29.4. The molecular formula is C79H56F2N2O2. The molecule has 1 spiro atoms. The van der Waals surface area contributed by atoms with Crippen LogP contribution in [-0.4, -0.2) is 0 Å². The number of nitrogens with zero attached hydrogens (tertiary/aromatic N) is 2. The Morgan fingerprint density at radius 3 is 1.24 bits per heavy atom. The molecule has 0 saturated carbocycles. The van der Waals surface area contributed by atoms with E-state index in [1.807, 2.05) is 24.3 Å². The molecule has 0 saturated heterocycles. The normalized spacial score (nSPS) is 13.5. The van der Waals surface area contributed by atoms with Crippen LogP contribution >= 0.6 is 0 Å². The van der Waals surface area contributed by atoms with Crippen LogP contribution in [0.1, 0.15) is 74.9 Å². The van der Waals surface area contributed by atoms with E-state index in [0.717, 1.165) is 77.9 Å². The number of para-hydroxylation sites is 4. The lowest BCUT2D eigenvalue weighted by Crippen LogP contribution is -2.26. The third kappa shape index (κ3) is 6.88. The SMILES string of the molecule is CC(C)(C)c1ccc(N(c2ccc3c(c2)C2(c4cc(N(c5ccc(C(C)(C)C)cc5)c5cccc6c5oc5c(F)cccc56)ccc4-3)c3ccccc3-c3c2cc2c4c(cccc34)-c3ccccc3-2)c2cccc3c2oc2c(F)cccc23)cc1. The minimum Gasteiger partial charge on any atom is -0.451 e. The molecule has 12 aromatic carbocycles. The fraction of sp³-hybridized carbons (Fsp3) is 0.114. The van der Waals surface area contributed by atoms with Crippen LogP contribution in [0.3, 0.4) is 0 Å². The van der Waals surface area contributed by atoms with Crippen LogP contribution in [-0.2, 0) is 16.2 Å². The molecule has 0 aliphatic heterocycles. The van der Waals surface area contributed by atoms with Gasteiger partial charge in [0.25, 0.3) is 0 Å². The molecule has 408 valence electrons. The van der Waals surface area contributed by atoms with Crippen LogP contribution in [0.25, 0.3) is 99.2 Å². The number of benzene rings is 12. The predicted molar refractivity (Wildman–Crippen MR) is 346 cm³/mol. The van der Waals surface area contributed by atoms with Crippen molar-refractivity contribution in [2.45, 2.75) is 57.8 Å². The second-order valence-corrected chi connectivity index (χ2v) is 25.4. The smallest absolute Gasteiger partial charge is 0.171 e. The Kier molecular flexibility index (Phi) is 10.2. The van der Waals surface area contributed by atoms with Gasteiger partial charge in [-0.1, -0.05) is 193 Å². The maximum Gasteiger partial charge on any atom is 0.171 e. The second kappa shape index (κ2) is 17.5. The number of furan rings is 2. The predicted octanol–water partition coefficient (Wildman–Crippen LogP) is 22.4. The standard InChI is InChI=1S/C79H56F2N2O2/c1-77(2,3)45-30-34-47(35-31-45)82(69-28-14-22-58-56-20-12-26-67(80)73(56)84-75(58)69)49-38-40-53-54-41-39-50(83(48-36-32-46(33-37-48)78(4,5)6)70-29-15-23-59-57-21-13-27-68(81)74(57)85-76(59)70)43-65(54)79(64(53)42-49)63-25-10-9-18-60(63)72-61-24-11-19-55-51-16-7-8-17-52(51)62(71(55)61)44-66(72)79/h7-44H,1-6H3. The minimum atomic E-state index is -0.868. The molecule has 0 bridgehead atoms. The first-order valence-corrected chi connectivity index (χ1v) is 29.4. The van der Waals surface area contributed by atoms with Crippen molar-refractivity contribution in [3.05, 3.63) is 276 Å². The Labute approximate surface area is 491 Å². The van der Waals surface area contributed by atoms with Crippen molar-refractivity contribution in [1.82, 2.24) is 0 Å². The van der Waals surface area contributed by atoms with E-state index in [2.05, 4.69) is 233 Å². The molecule has 0 atom stereocenters. The number of halogens is 2. The van der Waals surface area contributed by atoms with Crippen LogP contribution < -0.4 is 9.80 Å². The highest BCUT2D eigenvalue weighted by Crippen LogP contribution is 2.67. The summed E-state index contributed by atoms with van der Waals surface area (Å²) < 4.78 is 45.0. The number of rotatable bonds is 6. The zero-order chi connectivity index (χ0) is 57.4. The van der Waals surface area contributed by atoms with Gasteiger partial charge >= 0.3 is 0 Å². The van der Waals surface area contributed by atoms with E-state index in [9.17, 15) is 0 Å². The lowest BCUT2D eigenvalue weighted by atomic mass is 9.70. The molecule has 3 aliphatic carbocycles. The van der Waals surface area contributed by atoms with E-state index < -0.39 is 17.0 Å². The molecule has 2 heterocycles. The summed E-state index contributed by atoms with van der Waals surface area (Å²) in [5.41, 5.74) is 22.7. The molecule has 0 fully saturated rings. The van der Waals surface area contributed by atoms with Gasteiger partial charge in [-0.2, -0.15) is 0 Å². The van der Waals surface area contributed by atoms with Crippen LogP contribution in [0.5, 0.6) is 0 Å². The molecule has 2 aromatic heterocycles. The van der Waals surface area contributed by atoms with Gasteiger partial charge in [0.05, 0.1) is 16.8 Å². The summed E-state index contributed by atoms with van der Waals surface area (Å²) in [7, 11) is 0. The largest absolute Gasteiger partial charge is 0.451 e. The fourth-order valence-electron chi connectivity index (χ4n) is 14.8. The molecule has 0 N–H and O–H groups in total. The lowest BCUT2D eigenvalue weighted by molar-refractivity contribution is 0.584. The summed E-state index contributed by atoms with van der Waals surface area (Å²) in [4.78, 5) is 4.59. The van der Waals surface area contributed by atoms with Crippen molar-refractivity contribution in [1.29, 1.82) is 0 Å². The quantitative estimate of drug-likeness (QED) is 0.166. The van der Waals surface area contributed by atoms with Gasteiger partial charge in [0.15, 0.2) is 34.0 Å². The Bertz CT molecular complexity index is 4960. The topological polar surface area (TPSA) is 32.8 Å². The van der Waals surface area contributed by atoms with E-state index in [1.54, 1.807) is 12.1 Å². The van der Waals surface area contributed by atoms with Gasteiger partial charge in [-0.15, -0.1) is 0 Å². The molecule has 0 unspecified atom stereocenters. The van der Waals surface area contributed by atoms with E-state index in [1.165, 1.54) is 78.5 Å². The maximum absolute atomic E-state index is 15.8. The summed E-state index contributed by atoms with van der Waals surface area (Å²) in [5, 5.41) is 5.63. The summed E-state index contributed by atoms with van der Waals surface area (Å²) >= 11 is 0. The van der Waals surface area contributed by atoms with Crippen molar-refractivity contribution < 1.29 is 17.6 Å². The summed E-state index contributed by atoms with van der Waals surface area (Å²) in [6.45, 7) is 13.4. The molecule has 0 amide bonds. The zero-order valence-electron chi connectivity index (χ0n) is 47.9. The zero-order valence-corrected chi connectivity index (χ0v) is 47.9. The van der Waals surface area contributed by atoms with E-state index in [-0.39, 0.29) is 22.0 Å². The van der Waals surface area contributed by atoms with E-state index >= 15 is 8.78 Å². The monoisotopic (exact) mass is 1100 g/mol. The summed E-state index contributed by atoms with van der Waals surface area (Å²) in [5.74, 6) is -0.796. The third-order valence-corrected chi connectivity index (χ3v) is 18.7. The third-order valence-electron chi connectivity index (χ3n) is 18.7. The molecule has 14 aromatic rings. The molecule has 85 heavy (non-hydrogen) atoms. The van der Waals surface area contributed by atoms with Crippen molar-refractivity contribution in [3.63, 3.8) is 0 Å². The molecule has 3 aliphatic rings. The first kappa shape index (κ1) is 49.6. The van der Waals surface area contributed by atoms with Gasteiger partial charge in [-0.25, -0.2) is 8.78 Å².